The summed E-state index contributed by atoms with van der Waals surface area (Å²) in [6.07, 6.45) is 1.22. The summed E-state index contributed by atoms with van der Waals surface area (Å²) in [4.78, 5) is 10.6. The van der Waals surface area contributed by atoms with Crippen LogP contribution < -0.4 is 0 Å². The van der Waals surface area contributed by atoms with Gasteiger partial charge in [-0.15, -0.1) is 0 Å². The van der Waals surface area contributed by atoms with Gasteiger partial charge in [-0.25, -0.2) is 4.98 Å². The average molecular weight is 215 g/mol. The molecule has 1 fully saturated rings. The molecule has 1 aromatic heterocycles. The largest absolute Gasteiger partial charge is 0.341 e. The number of para-hydroxylation sites is 2. The van der Waals surface area contributed by atoms with Crippen molar-refractivity contribution >= 4 is 11.0 Å². The third-order valence-electron chi connectivity index (χ3n) is 3.45. The van der Waals surface area contributed by atoms with E-state index >= 15 is 0 Å². The summed E-state index contributed by atoms with van der Waals surface area (Å²) in [6, 6.07) is 9.33. The number of hydrogen-bond acceptors (Lipinski definition) is 2. The van der Waals surface area contributed by atoms with Crippen LogP contribution in [-0.2, 0) is 0 Å². The highest BCUT2D eigenvalue weighted by atomic mass is 15.3. The Morgan fingerprint density at radius 1 is 1.38 bits per heavy atom. The van der Waals surface area contributed by atoms with Crippen LogP contribution in [0.2, 0.25) is 0 Å². The number of likely N-dealkylation sites (tertiary alicyclic amines) is 1. The normalized spacial score (nSPS) is 21.6. The summed E-state index contributed by atoms with van der Waals surface area (Å²) < 4.78 is 0. The summed E-state index contributed by atoms with van der Waals surface area (Å²) in [5.41, 5.74) is 2.22. The maximum Gasteiger partial charge on any atom is 0.124 e. The van der Waals surface area contributed by atoms with Gasteiger partial charge in [0.25, 0.3) is 0 Å². The maximum atomic E-state index is 4.67. The van der Waals surface area contributed by atoms with Crippen molar-refractivity contribution in [2.45, 2.75) is 32.4 Å². The Balaban J connectivity index is 1.94. The lowest BCUT2D eigenvalue weighted by Gasteiger charge is -2.42. The van der Waals surface area contributed by atoms with Crippen LogP contribution in [0.3, 0.4) is 0 Å². The number of rotatable bonds is 2. The SMILES string of the molecule is CC(C)N1CCC1c1nc2ccccc2[nH]1. The smallest absolute Gasteiger partial charge is 0.124 e. The monoisotopic (exact) mass is 215 g/mol. The first-order chi connectivity index (χ1) is 7.75. The minimum Gasteiger partial charge on any atom is -0.341 e. The van der Waals surface area contributed by atoms with E-state index < -0.39 is 0 Å². The fourth-order valence-corrected chi connectivity index (χ4v) is 2.45. The molecule has 1 aliphatic rings. The van der Waals surface area contributed by atoms with E-state index in [1.165, 1.54) is 13.0 Å². The third-order valence-corrected chi connectivity index (χ3v) is 3.45. The Kier molecular flexibility index (Phi) is 2.21. The van der Waals surface area contributed by atoms with Gasteiger partial charge in [0, 0.05) is 12.6 Å². The molecule has 3 rings (SSSR count). The third kappa shape index (κ3) is 1.43. The molecule has 16 heavy (non-hydrogen) atoms. The Morgan fingerprint density at radius 3 is 2.81 bits per heavy atom. The molecule has 0 aliphatic carbocycles. The maximum absolute atomic E-state index is 4.67. The van der Waals surface area contributed by atoms with E-state index in [4.69, 9.17) is 0 Å². The fourth-order valence-electron chi connectivity index (χ4n) is 2.45. The number of nitrogens with one attached hydrogen (secondary N) is 1. The van der Waals surface area contributed by atoms with Crippen LogP contribution in [0.1, 0.15) is 32.1 Å². The molecular formula is C13H17N3. The molecule has 0 bridgehead atoms. The fraction of sp³-hybridized carbons (Fsp3) is 0.462. The van der Waals surface area contributed by atoms with E-state index in [2.05, 4.69) is 40.8 Å². The number of aromatic amines is 1. The van der Waals surface area contributed by atoms with E-state index in [9.17, 15) is 0 Å². The van der Waals surface area contributed by atoms with Gasteiger partial charge in [-0.3, -0.25) is 4.90 Å². The number of hydrogen-bond donors (Lipinski definition) is 1. The van der Waals surface area contributed by atoms with Crippen LogP contribution in [-0.4, -0.2) is 27.5 Å². The molecule has 0 radical (unpaired) electrons. The molecule has 1 aromatic carbocycles. The van der Waals surface area contributed by atoms with E-state index in [1.54, 1.807) is 0 Å². The molecule has 0 spiro atoms. The van der Waals surface area contributed by atoms with Gasteiger partial charge in [0.05, 0.1) is 17.1 Å². The average Bonchev–Trinajstić information content (AvgIpc) is 2.57. The molecule has 0 saturated carbocycles. The first kappa shape index (κ1) is 9.85. The zero-order valence-corrected chi connectivity index (χ0v) is 9.77. The predicted molar refractivity (Wildman–Crippen MR) is 65.3 cm³/mol. The first-order valence-electron chi connectivity index (χ1n) is 5.96. The molecule has 3 heteroatoms. The lowest BCUT2D eigenvalue weighted by atomic mass is 10.0. The quantitative estimate of drug-likeness (QED) is 0.835. The van der Waals surface area contributed by atoms with Gasteiger partial charge < -0.3 is 4.98 Å². The van der Waals surface area contributed by atoms with Crippen LogP contribution in [0, 0.1) is 0 Å². The number of aromatic nitrogens is 2. The molecule has 2 heterocycles. The number of imidazole rings is 1. The summed E-state index contributed by atoms with van der Waals surface area (Å²) in [6.45, 7) is 5.68. The lowest BCUT2D eigenvalue weighted by Crippen LogP contribution is -2.45. The Labute approximate surface area is 95.5 Å². The summed E-state index contributed by atoms with van der Waals surface area (Å²) >= 11 is 0. The highest BCUT2D eigenvalue weighted by molar-refractivity contribution is 5.74. The Hall–Kier alpha value is -1.35. The molecule has 1 aliphatic heterocycles. The summed E-state index contributed by atoms with van der Waals surface area (Å²) in [7, 11) is 0. The Morgan fingerprint density at radius 2 is 2.19 bits per heavy atom. The van der Waals surface area contributed by atoms with Crippen LogP contribution in [0.15, 0.2) is 24.3 Å². The van der Waals surface area contributed by atoms with Gasteiger partial charge in [-0.2, -0.15) is 0 Å². The van der Waals surface area contributed by atoms with E-state index in [0.29, 0.717) is 12.1 Å². The van der Waals surface area contributed by atoms with E-state index in [0.717, 1.165) is 16.9 Å². The van der Waals surface area contributed by atoms with Crippen LogP contribution in [0.5, 0.6) is 0 Å². The number of nitrogens with zero attached hydrogens (tertiary/aromatic N) is 2. The number of H-pyrrole nitrogens is 1. The molecule has 0 amide bonds. The van der Waals surface area contributed by atoms with Crippen molar-refractivity contribution in [3.8, 4) is 0 Å². The van der Waals surface area contributed by atoms with Crippen LogP contribution >= 0.6 is 0 Å². The minimum absolute atomic E-state index is 0.493. The predicted octanol–water partition coefficient (Wildman–Crippen LogP) is 2.72. The van der Waals surface area contributed by atoms with Gasteiger partial charge in [-0.1, -0.05) is 12.1 Å². The molecule has 2 aromatic rings. The molecule has 3 nitrogen and oxygen atoms in total. The number of benzene rings is 1. The second-order valence-electron chi connectivity index (χ2n) is 4.78. The second kappa shape index (κ2) is 3.59. The zero-order valence-electron chi connectivity index (χ0n) is 9.77. The highest BCUT2D eigenvalue weighted by Gasteiger charge is 2.33. The van der Waals surface area contributed by atoms with E-state index in [1.807, 2.05) is 12.1 Å². The first-order valence-corrected chi connectivity index (χ1v) is 5.96. The van der Waals surface area contributed by atoms with Crippen molar-refractivity contribution in [3.05, 3.63) is 30.1 Å². The van der Waals surface area contributed by atoms with Gasteiger partial charge in [0.15, 0.2) is 0 Å². The van der Waals surface area contributed by atoms with Crippen molar-refractivity contribution in [1.29, 1.82) is 0 Å². The topological polar surface area (TPSA) is 31.9 Å². The number of fused-ring (bicyclic) bond motifs is 1. The van der Waals surface area contributed by atoms with Gasteiger partial charge in [0.2, 0.25) is 0 Å². The molecular weight excluding hydrogens is 198 g/mol. The van der Waals surface area contributed by atoms with Gasteiger partial charge >= 0.3 is 0 Å². The standard InChI is InChI=1S/C13H17N3/c1-9(2)16-8-7-12(16)13-14-10-5-3-4-6-11(10)15-13/h3-6,9,12H,7-8H2,1-2H3,(H,14,15). The van der Waals surface area contributed by atoms with Crippen LogP contribution in [0.25, 0.3) is 11.0 Å². The molecule has 1 N–H and O–H groups in total. The van der Waals surface area contributed by atoms with Gasteiger partial charge in [0.1, 0.15) is 5.82 Å². The summed E-state index contributed by atoms with van der Waals surface area (Å²) in [5.74, 6) is 1.13. The second-order valence-corrected chi connectivity index (χ2v) is 4.78. The summed E-state index contributed by atoms with van der Waals surface area (Å²) in [5, 5.41) is 0. The van der Waals surface area contributed by atoms with Crippen LogP contribution in [0.4, 0.5) is 0 Å². The Bertz CT molecular complexity index is 468. The molecule has 1 atom stereocenters. The van der Waals surface area contributed by atoms with Crippen molar-refractivity contribution in [2.24, 2.45) is 0 Å². The van der Waals surface area contributed by atoms with Crippen molar-refractivity contribution < 1.29 is 0 Å². The molecule has 84 valence electrons. The highest BCUT2D eigenvalue weighted by Crippen LogP contribution is 2.33. The minimum atomic E-state index is 0.493. The lowest BCUT2D eigenvalue weighted by molar-refractivity contribution is 0.0509. The zero-order chi connectivity index (χ0) is 11.1. The molecule has 1 saturated heterocycles. The van der Waals surface area contributed by atoms with E-state index in [-0.39, 0.29) is 0 Å². The van der Waals surface area contributed by atoms with Crippen molar-refractivity contribution in [1.82, 2.24) is 14.9 Å². The van der Waals surface area contributed by atoms with Crippen molar-refractivity contribution in [2.75, 3.05) is 6.54 Å². The van der Waals surface area contributed by atoms with Gasteiger partial charge in [-0.05, 0) is 32.4 Å². The molecule has 1 unspecified atom stereocenters. The van der Waals surface area contributed by atoms with Crippen molar-refractivity contribution in [3.63, 3.8) is 0 Å².